The van der Waals surface area contributed by atoms with Gasteiger partial charge in [0, 0.05) is 5.02 Å². The molecule has 0 saturated heterocycles. The van der Waals surface area contributed by atoms with Crippen molar-refractivity contribution >= 4 is 34.0 Å². The lowest BCUT2D eigenvalue weighted by atomic mass is 10.1. The number of rotatable bonds is 4. The van der Waals surface area contributed by atoms with Gasteiger partial charge in [0.1, 0.15) is 11.6 Å². The van der Waals surface area contributed by atoms with E-state index in [2.05, 4.69) is 5.32 Å². The Bertz CT molecular complexity index is 867. The van der Waals surface area contributed by atoms with E-state index in [-0.39, 0.29) is 17.3 Å². The van der Waals surface area contributed by atoms with E-state index >= 15 is 0 Å². The lowest BCUT2D eigenvalue weighted by molar-refractivity contribution is -0.118. The van der Waals surface area contributed by atoms with Crippen molar-refractivity contribution in [2.45, 2.75) is 0 Å². The van der Waals surface area contributed by atoms with Gasteiger partial charge in [-0.05, 0) is 41.1 Å². The van der Waals surface area contributed by atoms with E-state index in [1.54, 1.807) is 6.07 Å². The molecule has 1 N–H and O–H groups in total. The predicted octanol–water partition coefficient (Wildman–Crippen LogP) is 4.65. The molecule has 0 saturated carbocycles. The summed E-state index contributed by atoms with van der Waals surface area (Å²) >= 11 is 5.67. The van der Waals surface area contributed by atoms with Crippen LogP contribution >= 0.6 is 11.6 Å². The Labute approximate surface area is 137 Å². The van der Waals surface area contributed by atoms with E-state index in [1.165, 1.54) is 12.1 Å². The Morgan fingerprint density at radius 1 is 1.04 bits per heavy atom. The van der Waals surface area contributed by atoms with E-state index in [9.17, 15) is 9.18 Å². The molecule has 0 unspecified atom stereocenters. The molecule has 0 atom stereocenters. The molecule has 0 aliphatic heterocycles. The molecule has 3 rings (SSSR count). The molecular formula is C18H13ClFNO2. The van der Waals surface area contributed by atoms with E-state index in [0.29, 0.717) is 5.75 Å². The minimum atomic E-state index is -0.587. The number of hydrogen-bond donors (Lipinski definition) is 1. The summed E-state index contributed by atoms with van der Waals surface area (Å²) in [4.78, 5) is 11.9. The third kappa shape index (κ3) is 3.79. The molecule has 3 aromatic rings. The van der Waals surface area contributed by atoms with Crippen LogP contribution in [0.2, 0.25) is 5.02 Å². The lowest BCUT2D eigenvalue weighted by Gasteiger charge is -2.09. The van der Waals surface area contributed by atoms with Gasteiger partial charge in [0.25, 0.3) is 5.91 Å². The summed E-state index contributed by atoms with van der Waals surface area (Å²) in [5.41, 5.74) is 0.0708. The van der Waals surface area contributed by atoms with Crippen molar-refractivity contribution in [2.75, 3.05) is 11.9 Å². The fraction of sp³-hybridized carbons (Fsp3) is 0.0556. The van der Waals surface area contributed by atoms with Crippen LogP contribution in [0.1, 0.15) is 0 Å². The molecule has 0 fully saturated rings. The standard InChI is InChI=1S/C18H13ClFNO2/c19-14-6-8-17(16(20)10-14)21-18(22)11-23-15-7-5-12-3-1-2-4-13(12)9-15/h1-10H,11H2,(H,21,22). The molecule has 3 aromatic carbocycles. The zero-order valence-electron chi connectivity index (χ0n) is 12.1. The topological polar surface area (TPSA) is 38.3 Å². The number of hydrogen-bond acceptors (Lipinski definition) is 2. The number of benzene rings is 3. The van der Waals surface area contributed by atoms with E-state index < -0.39 is 11.7 Å². The van der Waals surface area contributed by atoms with Gasteiger partial charge in [-0.15, -0.1) is 0 Å². The zero-order chi connectivity index (χ0) is 16.2. The van der Waals surface area contributed by atoms with Crippen LogP contribution in [0.3, 0.4) is 0 Å². The van der Waals surface area contributed by atoms with Crippen molar-refractivity contribution in [3.8, 4) is 5.75 Å². The molecule has 5 heteroatoms. The Balaban J connectivity index is 1.63. The molecule has 3 nitrogen and oxygen atoms in total. The quantitative estimate of drug-likeness (QED) is 0.756. The normalized spacial score (nSPS) is 10.5. The predicted molar refractivity (Wildman–Crippen MR) is 89.5 cm³/mol. The van der Waals surface area contributed by atoms with Gasteiger partial charge in [-0.25, -0.2) is 4.39 Å². The molecule has 0 aliphatic rings. The number of ether oxygens (including phenoxy) is 1. The summed E-state index contributed by atoms with van der Waals surface area (Å²) in [5.74, 6) is -0.452. The van der Waals surface area contributed by atoms with Crippen LogP contribution in [0, 0.1) is 5.82 Å². The van der Waals surface area contributed by atoms with Crippen LogP contribution in [-0.2, 0) is 4.79 Å². The molecule has 116 valence electrons. The van der Waals surface area contributed by atoms with Gasteiger partial charge in [0.2, 0.25) is 0 Å². The first-order valence-electron chi connectivity index (χ1n) is 6.98. The first-order valence-corrected chi connectivity index (χ1v) is 7.36. The number of fused-ring (bicyclic) bond motifs is 1. The minimum absolute atomic E-state index is 0.0708. The highest BCUT2D eigenvalue weighted by Crippen LogP contribution is 2.21. The SMILES string of the molecule is O=C(COc1ccc2ccccc2c1)Nc1ccc(Cl)cc1F. The molecule has 1 amide bonds. The second-order valence-corrected chi connectivity index (χ2v) is 5.41. The average molecular weight is 330 g/mol. The van der Waals surface area contributed by atoms with Crippen molar-refractivity contribution in [1.82, 2.24) is 0 Å². The number of carbonyl (C=O) groups excluding carboxylic acids is 1. The number of anilines is 1. The van der Waals surface area contributed by atoms with Crippen LogP contribution in [0.25, 0.3) is 10.8 Å². The monoisotopic (exact) mass is 329 g/mol. The largest absolute Gasteiger partial charge is 0.484 e. The van der Waals surface area contributed by atoms with Crippen LogP contribution in [-0.4, -0.2) is 12.5 Å². The van der Waals surface area contributed by atoms with Gasteiger partial charge < -0.3 is 10.1 Å². The van der Waals surface area contributed by atoms with E-state index in [0.717, 1.165) is 16.8 Å². The summed E-state index contributed by atoms with van der Waals surface area (Å²) in [5, 5.41) is 4.83. The van der Waals surface area contributed by atoms with Crippen molar-refractivity contribution in [2.24, 2.45) is 0 Å². The van der Waals surface area contributed by atoms with Gasteiger partial charge in [0.15, 0.2) is 6.61 Å². The Morgan fingerprint density at radius 2 is 1.83 bits per heavy atom. The maximum atomic E-state index is 13.6. The van der Waals surface area contributed by atoms with Crippen molar-refractivity contribution in [1.29, 1.82) is 0 Å². The first-order chi connectivity index (χ1) is 11.1. The maximum absolute atomic E-state index is 13.6. The summed E-state index contributed by atoms with van der Waals surface area (Å²) in [7, 11) is 0. The Hall–Kier alpha value is -2.59. The number of halogens is 2. The number of carbonyl (C=O) groups is 1. The van der Waals surface area contributed by atoms with E-state index in [1.807, 2.05) is 36.4 Å². The smallest absolute Gasteiger partial charge is 0.262 e. The number of amides is 1. The summed E-state index contributed by atoms with van der Waals surface area (Å²) in [6.45, 7) is -0.208. The summed E-state index contributed by atoms with van der Waals surface area (Å²) in [6, 6.07) is 17.5. The third-order valence-electron chi connectivity index (χ3n) is 3.30. The van der Waals surface area contributed by atoms with Gasteiger partial charge in [-0.3, -0.25) is 4.79 Å². The highest BCUT2D eigenvalue weighted by Gasteiger charge is 2.08. The zero-order valence-corrected chi connectivity index (χ0v) is 12.8. The number of nitrogens with one attached hydrogen (secondary N) is 1. The Morgan fingerprint density at radius 3 is 2.61 bits per heavy atom. The van der Waals surface area contributed by atoms with Crippen molar-refractivity contribution < 1.29 is 13.9 Å². The highest BCUT2D eigenvalue weighted by atomic mass is 35.5. The molecule has 0 spiro atoms. The van der Waals surface area contributed by atoms with E-state index in [4.69, 9.17) is 16.3 Å². The summed E-state index contributed by atoms with van der Waals surface area (Å²) < 4.78 is 19.1. The highest BCUT2D eigenvalue weighted by molar-refractivity contribution is 6.30. The molecular weight excluding hydrogens is 317 g/mol. The fourth-order valence-corrected chi connectivity index (χ4v) is 2.34. The minimum Gasteiger partial charge on any atom is -0.484 e. The molecule has 23 heavy (non-hydrogen) atoms. The molecule has 0 radical (unpaired) electrons. The summed E-state index contributed by atoms with van der Waals surface area (Å²) in [6.07, 6.45) is 0. The van der Waals surface area contributed by atoms with Gasteiger partial charge in [0.05, 0.1) is 5.69 Å². The Kier molecular flexibility index (Phi) is 4.44. The lowest BCUT2D eigenvalue weighted by Crippen LogP contribution is -2.20. The van der Waals surface area contributed by atoms with Crippen molar-refractivity contribution in [3.63, 3.8) is 0 Å². The maximum Gasteiger partial charge on any atom is 0.262 e. The second-order valence-electron chi connectivity index (χ2n) is 4.97. The van der Waals surface area contributed by atoms with Crippen LogP contribution in [0.5, 0.6) is 5.75 Å². The van der Waals surface area contributed by atoms with Gasteiger partial charge in [-0.2, -0.15) is 0 Å². The van der Waals surface area contributed by atoms with Crippen LogP contribution in [0.15, 0.2) is 60.7 Å². The van der Waals surface area contributed by atoms with Crippen LogP contribution < -0.4 is 10.1 Å². The molecule has 0 aromatic heterocycles. The van der Waals surface area contributed by atoms with Gasteiger partial charge >= 0.3 is 0 Å². The first kappa shape index (κ1) is 15.3. The van der Waals surface area contributed by atoms with Gasteiger partial charge in [-0.1, -0.05) is 41.9 Å². The molecule has 0 heterocycles. The second kappa shape index (κ2) is 6.67. The van der Waals surface area contributed by atoms with Crippen molar-refractivity contribution in [3.05, 3.63) is 71.5 Å². The van der Waals surface area contributed by atoms with Crippen LogP contribution in [0.4, 0.5) is 10.1 Å². The fourth-order valence-electron chi connectivity index (χ4n) is 2.18. The molecule has 0 bridgehead atoms. The average Bonchev–Trinajstić information content (AvgIpc) is 2.55. The third-order valence-corrected chi connectivity index (χ3v) is 3.53. The molecule has 0 aliphatic carbocycles.